The van der Waals surface area contributed by atoms with Crippen molar-refractivity contribution in [1.29, 1.82) is 0 Å². The molecule has 1 aliphatic heterocycles. The largest absolute Gasteiger partial charge is 0.351 e. The van der Waals surface area contributed by atoms with Gasteiger partial charge in [-0.2, -0.15) is 0 Å². The number of hydrogen-bond donors (Lipinski definition) is 1. The molecule has 8 heteroatoms. The molecule has 0 saturated carbocycles. The topological polar surface area (TPSA) is 43.8 Å². The summed E-state index contributed by atoms with van der Waals surface area (Å²) in [5.41, 5.74) is 1.13. The molecule has 0 aromatic carbocycles. The van der Waals surface area contributed by atoms with Gasteiger partial charge >= 0.3 is 0 Å². The highest BCUT2D eigenvalue weighted by atomic mass is 127. The summed E-state index contributed by atoms with van der Waals surface area (Å²) in [6.07, 6.45) is 0. The fourth-order valence-electron chi connectivity index (χ4n) is 2.97. The number of thiophene rings is 1. The molecular weight excluding hydrogens is 465 g/mol. The standard InChI is InChI=1S/C17H25N5S2.HI/c1-13-16(24-14(2)20-13)11-19-17(18-3)22-8-6-21(7-9-22)12-15-5-4-10-23-15;/h4-5,10H,6-9,11-12H2,1-3H3,(H,18,19);1H. The molecule has 0 spiro atoms. The lowest BCUT2D eigenvalue weighted by Gasteiger charge is -2.36. The van der Waals surface area contributed by atoms with Gasteiger partial charge in [0.2, 0.25) is 0 Å². The number of thiazole rings is 1. The lowest BCUT2D eigenvalue weighted by atomic mass is 10.3. The Hall–Kier alpha value is -0.710. The van der Waals surface area contributed by atoms with Crippen molar-refractivity contribution in [2.24, 2.45) is 4.99 Å². The molecule has 2 aromatic heterocycles. The molecule has 0 bridgehead atoms. The molecule has 1 N–H and O–H groups in total. The van der Waals surface area contributed by atoms with Gasteiger partial charge in [0.05, 0.1) is 17.2 Å². The van der Waals surface area contributed by atoms with Gasteiger partial charge < -0.3 is 10.2 Å². The minimum atomic E-state index is 0. The summed E-state index contributed by atoms with van der Waals surface area (Å²) in [6.45, 7) is 10.2. The second-order valence-corrected chi connectivity index (χ2v) is 8.30. The quantitative estimate of drug-likeness (QED) is 0.405. The Kier molecular flexibility index (Phi) is 8.11. The molecule has 3 rings (SSSR count). The first-order chi connectivity index (χ1) is 11.7. The van der Waals surface area contributed by atoms with Crippen molar-refractivity contribution < 1.29 is 0 Å². The van der Waals surface area contributed by atoms with Crippen LogP contribution in [0, 0.1) is 13.8 Å². The van der Waals surface area contributed by atoms with E-state index in [9.17, 15) is 0 Å². The molecule has 0 atom stereocenters. The molecule has 2 aromatic rings. The first-order valence-corrected chi connectivity index (χ1v) is 9.98. The van der Waals surface area contributed by atoms with Crippen molar-refractivity contribution in [2.45, 2.75) is 26.9 Å². The normalized spacial score (nSPS) is 16.0. The Bertz CT molecular complexity index is 675. The number of nitrogens with one attached hydrogen (secondary N) is 1. The molecule has 1 fully saturated rings. The van der Waals surface area contributed by atoms with Crippen LogP contribution in [0.5, 0.6) is 0 Å². The van der Waals surface area contributed by atoms with Crippen molar-refractivity contribution in [1.82, 2.24) is 20.1 Å². The highest BCUT2D eigenvalue weighted by Crippen LogP contribution is 2.17. The van der Waals surface area contributed by atoms with Crippen molar-refractivity contribution >= 4 is 52.6 Å². The molecule has 0 unspecified atom stereocenters. The molecule has 138 valence electrons. The summed E-state index contributed by atoms with van der Waals surface area (Å²) in [7, 11) is 1.87. The van der Waals surface area contributed by atoms with Gasteiger partial charge in [0, 0.05) is 49.5 Å². The Morgan fingerprint density at radius 3 is 2.60 bits per heavy atom. The van der Waals surface area contributed by atoms with Crippen molar-refractivity contribution in [2.75, 3.05) is 33.2 Å². The van der Waals surface area contributed by atoms with Crippen LogP contribution in [0.2, 0.25) is 0 Å². The highest BCUT2D eigenvalue weighted by molar-refractivity contribution is 14.0. The number of aromatic nitrogens is 1. The van der Waals surface area contributed by atoms with E-state index in [1.807, 2.05) is 18.4 Å². The van der Waals surface area contributed by atoms with Gasteiger partial charge in [-0.25, -0.2) is 4.98 Å². The van der Waals surface area contributed by atoms with E-state index < -0.39 is 0 Å². The van der Waals surface area contributed by atoms with E-state index >= 15 is 0 Å². The molecule has 5 nitrogen and oxygen atoms in total. The third kappa shape index (κ3) is 5.63. The number of nitrogens with zero attached hydrogens (tertiary/aromatic N) is 4. The zero-order valence-corrected chi connectivity index (χ0v) is 19.0. The van der Waals surface area contributed by atoms with Gasteiger partial charge in [0.25, 0.3) is 0 Å². The average molecular weight is 491 g/mol. The van der Waals surface area contributed by atoms with E-state index in [0.29, 0.717) is 0 Å². The highest BCUT2D eigenvalue weighted by Gasteiger charge is 2.20. The van der Waals surface area contributed by atoms with Crippen LogP contribution >= 0.6 is 46.7 Å². The van der Waals surface area contributed by atoms with E-state index in [0.717, 1.165) is 55.9 Å². The molecule has 3 heterocycles. The van der Waals surface area contributed by atoms with Crippen LogP contribution in [0.3, 0.4) is 0 Å². The van der Waals surface area contributed by atoms with Crippen LogP contribution in [-0.2, 0) is 13.1 Å². The maximum atomic E-state index is 4.49. The van der Waals surface area contributed by atoms with Gasteiger partial charge in [0.15, 0.2) is 5.96 Å². The predicted molar refractivity (Wildman–Crippen MR) is 118 cm³/mol. The first kappa shape index (κ1) is 20.6. The third-order valence-corrected chi connectivity index (χ3v) is 6.18. The second kappa shape index (κ2) is 9.84. The van der Waals surface area contributed by atoms with Crippen molar-refractivity contribution in [3.05, 3.63) is 38.0 Å². The summed E-state index contributed by atoms with van der Waals surface area (Å²) in [6, 6.07) is 4.35. The van der Waals surface area contributed by atoms with Crippen molar-refractivity contribution in [3.63, 3.8) is 0 Å². The average Bonchev–Trinajstić information content (AvgIpc) is 3.19. The second-order valence-electron chi connectivity index (χ2n) is 5.98. The summed E-state index contributed by atoms with van der Waals surface area (Å²) in [4.78, 5) is 16.6. The molecule has 25 heavy (non-hydrogen) atoms. The third-order valence-electron chi connectivity index (χ3n) is 4.25. The summed E-state index contributed by atoms with van der Waals surface area (Å²) in [5, 5.41) is 6.78. The Morgan fingerprint density at radius 2 is 2.04 bits per heavy atom. The fourth-order valence-corrected chi connectivity index (χ4v) is 4.59. The summed E-state index contributed by atoms with van der Waals surface area (Å²) < 4.78 is 0. The number of halogens is 1. The van der Waals surface area contributed by atoms with Gasteiger partial charge in [0.1, 0.15) is 0 Å². The van der Waals surface area contributed by atoms with Crippen LogP contribution < -0.4 is 5.32 Å². The van der Waals surface area contributed by atoms with Crippen molar-refractivity contribution in [3.8, 4) is 0 Å². The molecule has 0 amide bonds. The van der Waals surface area contributed by atoms with Gasteiger partial charge in [-0.1, -0.05) is 6.07 Å². The first-order valence-electron chi connectivity index (χ1n) is 8.29. The minimum Gasteiger partial charge on any atom is -0.351 e. The van der Waals surface area contributed by atoms with E-state index in [1.165, 1.54) is 9.75 Å². The molecule has 1 saturated heterocycles. The maximum absolute atomic E-state index is 4.49. The number of aliphatic imine (C=N–C) groups is 1. The Labute approximate surface area is 175 Å². The Balaban J connectivity index is 0.00000225. The minimum absolute atomic E-state index is 0. The smallest absolute Gasteiger partial charge is 0.194 e. The number of aryl methyl sites for hydroxylation is 2. The van der Waals surface area contributed by atoms with Gasteiger partial charge in [-0.3, -0.25) is 9.89 Å². The van der Waals surface area contributed by atoms with Gasteiger partial charge in [-0.15, -0.1) is 46.7 Å². The molecule has 0 aliphatic carbocycles. The predicted octanol–water partition coefficient (Wildman–Crippen LogP) is 3.33. The van der Waals surface area contributed by atoms with E-state index in [4.69, 9.17) is 0 Å². The monoisotopic (exact) mass is 491 g/mol. The van der Waals surface area contributed by atoms with Crippen LogP contribution in [0.15, 0.2) is 22.5 Å². The maximum Gasteiger partial charge on any atom is 0.194 e. The molecule has 1 aliphatic rings. The number of piperazine rings is 1. The zero-order valence-electron chi connectivity index (χ0n) is 15.0. The number of guanidine groups is 1. The van der Waals surface area contributed by atoms with Crippen LogP contribution in [-0.4, -0.2) is 54.0 Å². The van der Waals surface area contributed by atoms with Gasteiger partial charge in [-0.05, 0) is 25.3 Å². The van der Waals surface area contributed by atoms with E-state index in [1.54, 1.807) is 11.3 Å². The molecule has 0 radical (unpaired) electrons. The SMILES string of the molecule is CN=C(NCc1sc(C)nc1C)N1CCN(Cc2cccs2)CC1.I. The zero-order chi connectivity index (χ0) is 16.9. The number of rotatable bonds is 4. The van der Waals surface area contributed by atoms with Crippen LogP contribution in [0.4, 0.5) is 0 Å². The summed E-state index contributed by atoms with van der Waals surface area (Å²) in [5.74, 6) is 0.997. The summed E-state index contributed by atoms with van der Waals surface area (Å²) >= 11 is 3.60. The molecular formula is C17H26IN5S2. The lowest BCUT2D eigenvalue weighted by molar-refractivity contribution is 0.173. The van der Waals surface area contributed by atoms with Crippen LogP contribution in [0.25, 0.3) is 0 Å². The lowest BCUT2D eigenvalue weighted by Crippen LogP contribution is -2.51. The van der Waals surface area contributed by atoms with E-state index in [-0.39, 0.29) is 24.0 Å². The van der Waals surface area contributed by atoms with E-state index in [2.05, 4.69) is 56.5 Å². The van der Waals surface area contributed by atoms with Crippen LogP contribution in [0.1, 0.15) is 20.5 Å². The Morgan fingerprint density at radius 1 is 1.28 bits per heavy atom. The number of hydrogen-bond acceptors (Lipinski definition) is 5. The fraction of sp³-hybridized carbons (Fsp3) is 0.529.